The van der Waals surface area contributed by atoms with Crippen molar-refractivity contribution in [3.05, 3.63) is 10.3 Å². The van der Waals surface area contributed by atoms with Gasteiger partial charge < -0.3 is 0 Å². The van der Waals surface area contributed by atoms with Crippen LogP contribution >= 0.6 is 15.9 Å². The predicted molar refractivity (Wildman–Crippen MR) is 73.6 cm³/mol. The standard InChI is InChI=1S/C14H18BrN3O/c1-18-12(14(15)16-17-18)13(19)11-9-3-7-2-8(5-9)6-10(11)4-7/h7-11H,2-6H2,1H3. The van der Waals surface area contributed by atoms with Gasteiger partial charge in [0.1, 0.15) is 5.69 Å². The molecule has 19 heavy (non-hydrogen) atoms. The monoisotopic (exact) mass is 323 g/mol. The highest BCUT2D eigenvalue weighted by molar-refractivity contribution is 9.10. The van der Waals surface area contributed by atoms with E-state index in [1.54, 1.807) is 11.7 Å². The van der Waals surface area contributed by atoms with Crippen LogP contribution in [0.2, 0.25) is 0 Å². The molecule has 4 aliphatic carbocycles. The molecule has 5 rings (SSSR count). The Bertz CT molecular complexity index is 491. The van der Waals surface area contributed by atoms with E-state index >= 15 is 0 Å². The summed E-state index contributed by atoms with van der Waals surface area (Å²) in [4.78, 5) is 12.9. The summed E-state index contributed by atoms with van der Waals surface area (Å²) in [7, 11) is 1.81. The average molecular weight is 324 g/mol. The molecule has 0 atom stereocenters. The van der Waals surface area contributed by atoms with E-state index in [0.717, 1.165) is 11.8 Å². The van der Waals surface area contributed by atoms with Gasteiger partial charge in [-0.1, -0.05) is 5.21 Å². The highest BCUT2D eigenvalue weighted by Crippen LogP contribution is 2.57. The molecule has 0 unspecified atom stereocenters. The molecule has 0 aromatic carbocycles. The van der Waals surface area contributed by atoms with Gasteiger partial charge in [-0.3, -0.25) is 4.79 Å². The summed E-state index contributed by atoms with van der Waals surface area (Å²) < 4.78 is 2.23. The van der Waals surface area contributed by atoms with Crippen LogP contribution in [0, 0.1) is 29.6 Å². The van der Waals surface area contributed by atoms with E-state index in [1.807, 2.05) is 0 Å². The van der Waals surface area contributed by atoms with Crippen molar-refractivity contribution in [2.45, 2.75) is 32.1 Å². The molecular weight excluding hydrogens is 306 g/mol. The van der Waals surface area contributed by atoms with Crippen LogP contribution in [0.4, 0.5) is 0 Å². The third kappa shape index (κ3) is 1.73. The largest absolute Gasteiger partial charge is 0.292 e. The lowest BCUT2D eigenvalue weighted by molar-refractivity contribution is -0.0255. The predicted octanol–water partition coefficient (Wildman–Crippen LogP) is 2.83. The van der Waals surface area contributed by atoms with E-state index in [0.29, 0.717) is 22.1 Å². The zero-order chi connectivity index (χ0) is 13.1. The van der Waals surface area contributed by atoms with Crippen molar-refractivity contribution in [3.8, 4) is 0 Å². The van der Waals surface area contributed by atoms with E-state index in [2.05, 4.69) is 26.2 Å². The summed E-state index contributed by atoms with van der Waals surface area (Å²) in [6, 6.07) is 0. The Morgan fingerprint density at radius 1 is 1.16 bits per heavy atom. The number of aryl methyl sites for hydroxylation is 1. The normalized spacial score (nSPS) is 39.8. The van der Waals surface area contributed by atoms with Crippen LogP contribution in [0.5, 0.6) is 0 Å². The zero-order valence-electron chi connectivity index (χ0n) is 11.1. The van der Waals surface area contributed by atoms with Gasteiger partial charge in [0.25, 0.3) is 0 Å². The van der Waals surface area contributed by atoms with Crippen LogP contribution in [0.15, 0.2) is 4.60 Å². The van der Waals surface area contributed by atoms with Gasteiger partial charge in [-0.05, 0) is 71.7 Å². The minimum atomic E-state index is 0.223. The lowest BCUT2D eigenvalue weighted by atomic mass is 9.51. The van der Waals surface area contributed by atoms with Crippen LogP contribution in [-0.2, 0) is 7.05 Å². The fourth-order valence-corrected chi connectivity index (χ4v) is 5.63. The molecule has 1 aromatic rings. The second-order valence-electron chi connectivity index (χ2n) is 6.67. The number of aromatic nitrogens is 3. The third-order valence-electron chi connectivity index (χ3n) is 5.55. The number of carbonyl (C=O) groups excluding carboxylic acids is 1. The Kier molecular flexibility index (Phi) is 2.63. The molecule has 0 amide bonds. The Morgan fingerprint density at radius 2 is 1.74 bits per heavy atom. The van der Waals surface area contributed by atoms with Gasteiger partial charge in [0, 0.05) is 13.0 Å². The number of hydrogen-bond acceptors (Lipinski definition) is 3. The van der Waals surface area contributed by atoms with E-state index in [-0.39, 0.29) is 11.7 Å². The van der Waals surface area contributed by atoms with Crippen molar-refractivity contribution in [3.63, 3.8) is 0 Å². The molecule has 0 saturated heterocycles. The first-order valence-electron chi connectivity index (χ1n) is 7.23. The Labute approximate surface area is 121 Å². The van der Waals surface area contributed by atoms with E-state index in [1.165, 1.54) is 32.1 Å². The van der Waals surface area contributed by atoms with Crippen LogP contribution in [0.3, 0.4) is 0 Å². The smallest absolute Gasteiger partial charge is 0.187 e. The summed E-state index contributed by atoms with van der Waals surface area (Å²) in [5.74, 6) is 3.53. The van der Waals surface area contributed by atoms with Crippen molar-refractivity contribution in [2.24, 2.45) is 36.6 Å². The molecule has 4 nitrogen and oxygen atoms in total. The fourth-order valence-electron chi connectivity index (χ4n) is 5.10. The van der Waals surface area contributed by atoms with E-state index in [9.17, 15) is 4.79 Å². The lowest BCUT2D eigenvalue weighted by Gasteiger charge is -2.53. The van der Waals surface area contributed by atoms with Gasteiger partial charge in [-0.2, -0.15) is 0 Å². The number of Topliss-reactive ketones (excluding diaryl/α,β-unsaturated/α-hetero) is 1. The minimum Gasteiger partial charge on any atom is -0.292 e. The molecule has 0 aliphatic heterocycles. The Hall–Kier alpha value is -0.710. The SMILES string of the molecule is Cn1nnc(Br)c1C(=O)C1C2CC3CC(C2)CC1C3. The van der Waals surface area contributed by atoms with Crippen molar-refractivity contribution in [1.82, 2.24) is 15.0 Å². The molecule has 4 bridgehead atoms. The third-order valence-corrected chi connectivity index (χ3v) is 6.08. The summed E-state index contributed by atoms with van der Waals surface area (Å²) in [5, 5.41) is 7.91. The molecule has 5 heteroatoms. The van der Waals surface area contributed by atoms with Crippen LogP contribution in [0.1, 0.15) is 42.6 Å². The fraction of sp³-hybridized carbons (Fsp3) is 0.786. The number of rotatable bonds is 2. The zero-order valence-corrected chi connectivity index (χ0v) is 12.6. The van der Waals surface area contributed by atoms with Gasteiger partial charge in [-0.15, -0.1) is 5.10 Å². The van der Waals surface area contributed by atoms with Gasteiger partial charge in [0.15, 0.2) is 10.4 Å². The maximum Gasteiger partial charge on any atom is 0.187 e. The first kappa shape index (κ1) is 12.1. The van der Waals surface area contributed by atoms with Crippen LogP contribution in [0.25, 0.3) is 0 Å². The lowest BCUT2D eigenvalue weighted by Crippen LogP contribution is -2.48. The number of carbonyl (C=O) groups is 1. The van der Waals surface area contributed by atoms with Gasteiger partial charge >= 0.3 is 0 Å². The molecule has 0 N–H and O–H groups in total. The quantitative estimate of drug-likeness (QED) is 0.786. The summed E-state index contributed by atoms with van der Waals surface area (Å²) in [6.07, 6.45) is 6.50. The summed E-state index contributed by atoms with van der Waals surface area (Å²) >= 11 is 3.37. The van der Waals surface area contributed by atoms with Gasteiger partial charge in [0.2, 0.25) is 0 Å². The molecule has 1 heterocycles. The van der Waals surface area contributed by atoms with E-state index in [4.69, 9.17) is 0 Å². The highest BCUT2D eigenvalue weighted by Gasteiger charge is 2.51. The van der Waals surface area contributed by atoms with Gasteiger partial charge in [0.05, 0.1) is 0 Å². The molecule has 102 valence electrons. The maximum atomic E-state index is 12.9. The highest BCUT2D eigenvalue weighted by atomic mass is 79.9. The minimum absolute atomic E-state index is 0.223. The molecular formula is C14H18BrN3O. The molecule has 1 aromatic heterocycles. The van der Waals surface area contributed by atoms with E-state index < -0.39 is 0 Å². The van der Waals surface area contributed by atoms with Crippen molar-refractivity contribution >= 4 is 21.7 Å². The first-order valence-corrected chi connectivity index (χ1v) is 8.02. The Morgan fingerprint density at radius 3 is 2.21 bits per heavy atom. The first-order chi connectivity index (χ1) is 9.13. The number of halogens is 1. The molecule has 0 radical (unpaired) electrons. The summed E-state index contributed by atoms with van der Waals surface area (Å²) in [5.41, 5.74) is 0.664. The summed E-state index contributed by atoms with van der Waals surface area (Å²) in [6.45, 7) is 0. The van der Waals surface area contributed by atoms with Crippen molar-refractivity contribution in [2.75, 3.05) is 0 Å². The Balaban J connectivity index is 1.68. The molecule has 4 fully saturated rings. The molecule has 0 spiro atoms. The molecule has 4 saturated carbocycles. The number of hydrogen-bond donors (Lipinski definition) is 0. The topological polar surface area (TPSA) is 47.8 Å². The second kappa shape index (κ2) is 4.14. The van der Waals surface area contributed by atoms with Gasteiger partial charge in [-0.25, -0.2) is 4.68 Å². The maximum absolute atomic E-state index is 12.9. The molecule has 4 aliphatic rings. The average Bonchev–Trinajstić information content (AvgIpc) is 2.67. The van der Waals surface area contributed by atoms with Crippen LogP contribution in [-0.4, -0.2) is 20.8 Å². The number of ketones is 1. The van der Waals surface area contributed by atoms with Crippen LogP contribution < -0.4 is 0 Å². The second-order valence-corrected chi connectivity index (χ2v) is 7.42. The van der Waals surface area contributed by atoms with Crippen molar-refractivity contribution in [1.29, 1.82) is 0 Å². The number of nitrogens with zero attached hydrogens (tertiary/aromatic N) is 3. The van der Waals surface area contributed by atoms with Crippen molar-refractivity contribution < 1.29 is 4.79 Å².